The largest absolute Gasteiger partial charge is 0.400 e. The molecule has 160 valence electrons. The minimum atomic E-state index is 0.0833. The van der Waals surface area contributed by atoms with Gasteiger partial charge in [0.15, 0.2) is 0 Å². The molecule has 0 aromatic rings. The first-order valence-electron chi connectivity index (χ1n) is 10.5. The van der Waals surface area contributed by atoms with E-state index in [9.17, 15) is 0 Å². The zero-order valence-electron chi connectivity index (χ0n) is 18.1. The van der Waals surface area contributed by atoms with Crippen LogP contribution in [0.3, 0.4) is 0 Å². The summed E-state index contributed by atoms with van der Waals surface area (Å²) in [5, 5.41) is 23.4. The second kappa shape index (κ2) is 29.3. The minimum Gasteiger partial charge on any atom is -0.400 e. The Balaban J connectivity index is -0.000000316. The fourth-order valence-electron chi connectivity index (χ4n) is 2.58. The van der Waals surface area contributed by atoms with Gasteiger partial charge in [-0.2, -0.15) is 0 Å². The second-order valence-electron chi connectivity index (χ2n) is 6.75. The highest BCUT2D eigenvalue weighted by atomic mass is 16.5. The van der Waals surface area contributed by atoms with Crippen LogP contribution < -0.4 is 0 Å². The van der Waals surface area contributed by atoms with E-state index < -0.39 is 0 Å². The number of unbranched alkanes of at least 4 members (excludes halogenated alkanes) is 8. The zero-order valence-corrected chi connectivity index (χ0v) is 18.1. The number of aliphatic hydroxyl groups is 3. The molecule has 0 amide bonds. The molecular formula is C22H48O4. The summed E-state index contributed by atoms with van der Waals surface area (Å²) in [6.07, 6.45) is 16.7. The summed E-state index contributed by atoms with van der Waals surface area (Å²) in [6.45, 7) is 11.1. The number of hydrogen-bond donors (Lipinski definition) is 3. The van der Waals surface area contributed by atoms with Crippen LogP contribution in [-0.2, 0) is 4.74 Å². The third-order valence-electron chi connectivity index (χ3n) is 4.17. The lowest BCUT2D eigenvalue weighted by molar-refractivity contribution is -0.0344. The molecule has 2 atom stereocenters. The van der Waals surface area contributed by atoms with Gasteiger partial charge < -0.3 is 20.1 Å². The number of rotatable bonds is 10. The van der Waals surface area contributed by atoms with Crippen molar-refractivity contribution in [2.45, 2.75) is 97.5 Å². The maximum atomic E-state index is 8.68. The average Bonchev–Trinajstić information content (AvgIpc) is 2.69. The third kappa shape index (κ3) is 28.4. The van der Waals surface area contributed by atoms with Gasteiger partial charge in [-0.15, -0.1) is 6.58 Å². The fourth-order valence-corrected chi connectivity index (χ4v) is 2.58. The fraction of sp³-hybridized carbons (Fsp3) is 0.909. The van der Waals surface area contributed by atoms with E-state index in [4.69, 9.17) is 20.1 Å². The molecule has 0 saturated carbocycles. The molecule has 4 nitrogen and oxygen atoms in total. The first-order chi connectivity index (χ1) is 12.7. The molecule has 1 aliphatic rings. The molecule has 3 N–H and O–H groups in total. The van der Waals surface area contributed by atoms with Crippen LogP contribution in [0.1, 0.15) is 91.4 Å². The predicted molar refractivity (Wildman–Crippen MR) is 114 cm³/mol. The van der Waals surface area contributed by atoms with Gasteiger partial charge in [0.1, 0.15) is 0 Å². The molecule has 1 aliphatic heterocycles. The van der Waals surface area contributed by atoms with Crippen molar-refractivity contribution in [3.63, 3.8) is 0 Å². The Bertz CT molecular complexity index is 226. The monoisotopic (exact) mass is 376 g/mol. The molecule has 0 aromatic heterocycles. The summed E-state index contributed by atoms with van der Waals surface area (Å²) in [7, 11) is 1.00. The highest BCUT2D eigenvalue weighted by Crippen LogP contribution is 2.18. The van der Waals surface area contributed by atoms with Crippen molar-refractivity contribution in [3.05, 3.63) is 12.7 Å². The molecule has 0 aliphatic carbocycles. The SMILES string of the molecule is C=CCO.CC1CCOC(CO)C1.CCCCCCCCCCC.CO. The Kier molecular flexibility index (Phi) is 34.2. The van der Waals surface area contributed by atoms with Gasteiger partial charge in [-0.25, -0.2) is 0 Å². The highest BCUT2D eigenvalue weighted by molar-refractivity contribution is 4.66. The molecular weight excluding hydrogens is 328 g/mol. The second-order valence-corrected chi connectivity index (χ2v) is 6.75. The lowest BCUT2D eigenvalue weighted by Gasteiger charge is -2.25. The molecule has 26 heavy (non-hydrogen) atoms. The van der Waals surface area contributed by atoms with Crippen molar-refractivity contribution in [3.8, 4) is 0 Å². The minimum absolute atomic E-state index is 0.0833. The van der Waals surface area contributed by atoms with E-state index in [0.717, 1.165) is 32.5 Å². The van der Waals surface area contributed by atoms with Gasteiger partial charge >= 0.3 is 0 Å². The number of hydrogen-bond acceptors (Lipinski definition) is 4. The lowest BCUT2D eigenvalue weighted by atomic mass is 9.98. The van der Waals surface area contributed by atoms with Crippen molar-refractivity contribution in [2.75, 3.05) is 26.9 Å². The molecule has 4 heteroatoms. The summed E-state index contributed by atoms with van der Waals surface area (Å²) in [6, 6.07) is 0. The Hall–Kier alpha value is -0.420. The van der Waals surface area contributed by atoms with E-state index in [1.54, 1.807) is 0 Å². The number of ether oxygens (including phenoxy) is 1. The Morgan fingerprint density at radius 3 is 1.62 bits per heavy atom. The average molecular weight is 377 g/mol. The topological polar surface area (TPSA) is 69.9 Å². The highest BCUT2D eigenvalue weighted by Gasteiger charge is 2.17. The molecule has 1 saturated heterocycles. The molecule has 2 unspecified atom stereocenters. The smallest absolute Gasteiger partial charge is 0.0808 e. The van der Waals surface area contributed by atoms with Crippen LogP contribution in [-0.4, -0.2) is 48.4 Å². The van der Waals surface area contributed by atoms with Gasteiger partial charge in [0, 0.05) is 13.7 Å². The maximum absolute atomic E-state index is 8.68. The summed E-state index contributed by atoms with van der Waals surface area (Å²) in [5.41, 5.74) is 0. The quantitative estimate of drug-likeness (QED) is 0.366. The Morgan fingerprint density at radius 2 is 1.35 bits per heavy atom. The van der Waals surface area contributed by atoms with E-state index in [-0.39, 0.29) is 19.3 Å². The van der Waals surface area contributed by atoms with Crippen molar-refractivity contribution < 1.29 is 20.1 Å². The summed E-state index contributed by atoms with van der Waals surface area (Å²) in [5.74, 6) is 0.732. The summed E-state index contributed by atoms with van der Waals surface area (Å²) in [4.78, 5) is 0. The molecule has 0 aromatic carbocycles. The van der Waals surface area contributed by atoms with Crippen LogP contribution >= 0.6 is 0 Å². The van der Waals surface area contributed by atoms with Gasteiger partial charge in [0.05, 0.1) is 19.3 Å². The Morgan fingerprint density at radius 1 is 0.923 bits per heavy atom. The van der Waals surface area contributed by atoms with E-state index in [2.05, 4.69) is 27.4 Å². The standard InChI is InChI=1S/C11H24.C7H14O2.C3H6O.CH4O/c1-3-5-7-9-11-10-8-6-4-2;1-6-2-3-9-7(4-6)5-8;1-2-3-4;1-2/h3-11H2,1-2H3;6-8H,2-5H2,1H3;2,4H,1,3H2;2H,1H3. The number of aliphatic hydroxyl groups excluding tert-OH is 3. The van der Waals surface area contributed by atoms with Crippen molar-refractivity contribution >= 4 is 0 Å². The first kappa shape index (κ1) is 30.3. The van der Waals surface area contributed by atoms with Crippen LogP contribution in [0.5, 0.6) is 0 Å². The molecule has 1 rings (SSSR count). The molecule has 0 spiro atoms. The van der Waals surface area contributed by atoms with Crippen molar-refractivity contribution in [1.29, 1.82) is 0 Å². The van der Waals surface area contributed by atoms with Crippen LogP contribution in [0, 0.1) is 5.92 Å². The van der Waals surface area contributed by atoms with E-state index >= 15 is 0 Å². The van der Waals surface area contributed by atoms with Crippen molar-refractivity contribution in [1.82, 2.24) is 0 Å². The molecule has 1 fully saturated rings. The first-order valence-corrected chi connectivity index (χ1v) is 10.5. The van der Waals surface area contributed by atoms with E-state index in [0.29, 0.717) is 0 Å². The van der Waals surface area contributed by atoms with Gasteiger partial charge in [-0.3, -0.25) is 0 Å². The van der Waals surface area contributed by atoms with E-state index in [1.807, 2.05) is 0 Å². The van der Waals surface area contributed by atoms with Gasteiger partial charge in [0.25, 0.3) is 0 Å². The lowest BCUT2D eigenvalue weighted by Crippen LogP contribution is -2.26. The maximum Gasteiger partial charge on any atom is 0.0808 e. The van der Waals surface area contributed by atoms with Gasteiger partial charge in [-0.05, 0) is 18.8 Å². The molecule has 0 radical (unpaired) electrons. The zero-order chi connectivity index (χ0) is 20.5. The van der Waals surface area contributed by atoms with Crippen LogP contribution in [0.2, 0.25) is 0 Å². The van der Waals surface area contributed by atoms with Crippen LogP contribution in [0.15, 0.2) is 12.7 Å². The predicted octanol–water partition coefficient (Wildman–Crippen LogP) is 5.10. The summed E-state index contributed by atoms with van der Waals surface area (Å²) >= 11 is 0. The van der Waals surface area contributed by atoms with Crippen LogP contribution in [0.4, 0.5) is 0 Å². The molecule has 1 heterocycles. The van der Waals surface area contributed by atoms with E-state index in [1.165, 1.54) is 63.9 Å². The normalized spacial score (nSPS) is 18.3. The summed E-state index contributed by atoms with van der Waals surface area (Å²) < 4.78 is 5.25. The van der Waals surface area contributed by atoms with Gasteiger partial charge in [0.2, 0.25) is 0 Å². The van der Waals surface area contributed by atoms with Crippen molar-refractivity contribution in [2.24, 2.45) is 5.92 Å². The van der Waals surface area contributed by atoms with Gasteiger partial charge in [-0.1, -0.05) is 84.6 Å². The molecule has 0 bridgehead atoms. The van der Waals surface area contributed by atoms with Crippen LogP contribution in [0.25, 0.3) is 0 Å². The Labute approximate surface area is 163 Å². The third-order valence-corrected chi connectivity index (χ3v) is 4.17.